The number of hydrogen-bond acceptors (Lipinski definition) is 15. The highest BCUT2D eigenvalue weighted by atomic mass is 31.2. The zero-order valence-electron chi connectivity index (χ0n) is 69.3. The van der Waals surface area contributed by atoms with Gasteiger partial charge in [0.1, 0.15) is 19.3 Å². The lowest BCUT2D eigenvalue weighted by Gasteiger charge is -2.21. The maximum Gasteiger partial charge on any atom is 0.472 e. The fraction of sp³-hybridized carbons (Fsp3) is 0.591. The molecule has 0 aromatic carbocycles. The van der Waals surface area contributed by atoms with Crippen LogP contribution in [0.1, 0.15) is 297 Å². The fourth-order valence-electron chi connectivity index (χ4n) is 10.3. The standard InChI is InChI=1S/C93H148O17P2/c1-5-9-13-17-21-25-29-33-37-40-43-46-50-54-58-62-66-70-74-78-91(96)104-84-89(110-93(98)80-76-72-68-64-60-56-52-48-45-42-39-35-31-27-23-19-15-11-7-3)86-108-112(101,102)106-82-87(94)81-105-111(99,100)107-85-88(83-103-90(95)77-73-69-65-61-57-53-49-36-32-28-24-20-16-12-8-4)109-92(97)79-75-71-67-63-59-55-51-47-44-41-38-34-30-26-22-18-14-10-6-2/h10,14,21-23,25-27,33-39,43-49,54-56,58-60,66-68,70-72,87-89,94H,5-9,11-13,15-20,24,28-32,40-42,50-53,57,61-65,69,73-86H2,1-4H3,(H,99,100)(H,101,102)/b14-10-,25-21-,26-22-,27-23-,37-33-,38-34-,39-35-,46-43-,47-44-,48-45-,49-36-,58-54-,59-55-,60-56-,70-66-,71-67-,72-68-/t87-,88+,89+/m0/s1. The van der Waals surface area contributed by atoms with Crippen molar-refractivity contribution in [1.82, 2.24) is 0 Å². The van der Waals surface area contributed by atoms with E-state index in [1.807, 2.05) is 54.7 Å². The molecule has 0 rings (SSSR count). The first kappa shape index (κ1) is 106. The van der Waals surface area contributed by atoms with Crippen molar-refractivity contribution in [3.8, 4) is 0 Å². The molecule has 0 aromatic rings. The highest BCUT2D eigenvalue weighted by Gasteiger charge is 2.30. The summed E-state index contributed by atoms with van der Waals surface area (Å²) in [5.74, 6) is -2.50. The molecule has 0 aliphatic rings. The van der Waals surface area contributed by atoms with E-state index >= 15 is 0 Å². The maximum atomic E-state index is 13.1. The molecule has 17 nitrogen and oxygen atoms in total. The Labute approximate surface area is 678 Å². The second-order valence-electron chi connectivity index (χ2n) is 27.3. The molecule has 0 fully saturated rings. The number of phosphoric acid groups is 2. The van der Waals surface area contributed by atoms with Crippen molar-refractivity contribution in [2.45, 2.75) is 316 Å². The van der Waals surface area contributed by atoms with E-state index in [0.29, 0.717) is 44.9 Å². The number of aliphatic hydroxyl groups excluding tert-OH is 1. The first-order chi connectivity index (χ1) is 54.7. The van der Waals surface area contributed by atoms with Crippen LogP contribution in [0.4, 0.5) is 0 Å². The van der Waals surface area contributed by atoms with Crippen molar-refractivity contribution < 1.29 is 80.2 Å². The van der Waals surface area contributed by atoms with Gasteiger partial charge in [-0.2, -0.15) is 0 Å². The molecule has 19 heteroatoms. The molecule has 0 bridgehead atoms. The third-order valence-electron chi connectivity index (χ3n) is 16.7. The number of carbonyl (C=O) groups excluding carboxylic acids is 4. The van der Waals surface area contributed by atoms with Crippen LogP contribution in [0.25, 0.3) is 0 Å². The SMILES string of the molecule is CC/C=C\C/C=C\C/C=C\C/C=C\C/C=C\C/C=C\CCC(=O)O[C@H](COC(=O)CCCCCCC/C=C\CCCCCCCC)COP(=O)(O)OC[C@H](O)COP(=O)(O)OC[C@@H](COC(=O)CC/C=C\C/C=C\C/C=C\C/C=C\C/C=C\CCCCC)OC(=O)CC/C=C\C/C=C\C/C=C\C/C=C\C/C=C\CCCCC. The van der Waals surface area contributed by atoms with Gasteiger partial charge in [0.05, 0.1) is 26.4 Å². The molecule has 112 heavy (non-hydrogen) atoms. The monoisotopic (exact) mass is 1600 g/mol. The number of ether oxygens (including phenoxy) is 4. The van der Waals surface area contributed by atoms with Crippen LogP contribution in [-0.4, -0.2) is 96.7 Å². The van der Waals surface area contributed by atoms with Crippen LogP contribution in [0.5, 0.6) is 0 Å². The van der Waals surface area contributed by atoms with E-state index in [2.05, 4.69) is 180 Å². The summed E-state index contributed by atoms with van der Waals surface area (Å²) in [6.07, 6.45) is 104. The number of carbonyl (C=O) groups is 4. The van der Waals surface area contributed by atoms with E-state index in [0.717, 1.165) is 122 Å². The molecule has 5 atom stereocenters. The quantitative estimate of drug-likeness (QED) is 0.0169. The van der Waals surface area contributed by atoms with Gasteiger partial charge in [0.15, 0.2) is 12.2 Å². The van der Waals surface area contributed by atoms with Crippen molar-refractivity contribution >= 4 is 39.5 Å². The summed E-state index contributed by atoms with van der Waals surface area (Å²) in [4.78, 5) is 73.1. The number of rotatable bonds is 77. The van der Waals surface area contributed by atoms with Crippen molar-refractivity contribution in [2.24, 2.45) is 0 Å². The van der Waals surface area contributed by atoms with Gasteiger partial charge < -0.3 is 33.8 Å². The van der Waals surface area contributed by atoms with Crippen molar-refractivity contribution in [2.75, 3.05) is 39.6 Å². The normalized spacial score (nSPS) is 14.8. The highest BCUT2D eigenvalue weighted by Crippen LogP contribution is 2.45. The van der Waals surface area contributed by atoms with Crippen LogP contribution < -0.4 is 0 Å². The molecule has 0 aliphatic carbocycles. The summed E-state index contributed by atoms with van der Waals surface area (Å²) in [6, 6.07) is 0. The average molecular weight is 1600 g/mol. The van der Waals surface area contributed by atoms with E-state index in [9.17, 15) is 43.2 Å². The number of aliphatic hydroxyl groups is 1. The Bertz CT molecular complexity index is 2940. The van der Waals surface area contributed by atoms with Crippen LogP contribution in [0.2, 0.25) is 0 Å². The third kappa shape index (κ3) is 81.6. The topological polar surface area (TPSA) is 237 Å². The summed E-state index contributed by atoms with van der Waals surface area (Å²) in [5.41, 5.74) is 0. The lowest BCUT2D eigenvalue weighted by molar-refractivity contribution is -0.161. The van der Waals surface area contributed by atoms with Gasteiger partial charge in [-0.05, 0) is 167 Å². The maximum absolute atomic E-state index is 13.1. The molecule has 0 amide bonds. The third-order valence-corrected chi connectivity index (χ3v) is 18.6. The highest BCUT2D eigenvalue weighted by molar-refractivity contribution is 7.47. The second-order valence-corrected chi connectivity index (χ2v) is 30.2. The summed E-state index contributed by atoms with van der Waals surface area (Å²) < 4.78 is 68.5. The largest absolute Gasteiger partial charge is 0.472 e. The number of allylic oxidation sites excluding steroid dienone is 34. The van der Waals surface area contributed by atoms with E-state index in [1.54, 1.807) is 0 Å². The average Bonchev–Trinajstić information content (AvgIpc) is 0.897. The number of unbranched alkanes of at least 4 members (excludes halogenated alkanes) is 17. The molecule has 0 radical (unpaired) electrons. The van der Waals surface area contributed by atoms with E-state index in [4.69, 9.17) is 37.0 Å². The Kier molecular flexibility index (Phi) is 77.9. The minimum atomic E-state index is -5.04. The summed E-state index contributed by atoms with van der Waals surface area (Å²) in [7, 11) is -10.1. The van der Waals surface area contributed by atoms with Crippen LogP contribution in [-0.2, 0) is 65.4 Å². The molecule has 0 saturated heterocycles. The molecule has 632 valence electrons. The predicted octanol–water partition coefficient (Wildman–Crippen LogP) is 25.4. The zero-order chi connectivity index (χ0) is 81.7. The Morgan fingerprint density at radius 3 is 0.795 bits per heavy atom. The molecule has 0 heterocycles. The first-order valence-electron chi connectivity index (χ1n) is 42.3. The summed E-state index contributed by atoms with van der Waals surface area (Å²) in [5, 5.41) is 10.7. The van der Waals surface area contributed by atoms with Gasteiger partial charge in [0.25, 0.3) is 0 Å². The van der Waals surface area contributed by atoms with E-state index in [-0.39, 0.29) is 25.7 Å². The van der Waals surface area contributed by atoms with Gasteiger partial charge in [-0.1, -0.05) is 311 Å². The second kappa shape index (κ2) is 82.6. The van der Waals surface area contributed by atoms with Crippen molar-refractivity contribution in [1.29, 1.82) is 0 Å². The Morgan fingerprint density at radius 1 is 0.259 bits per heavy atom. The smallest absolute Gasteiger partial charge is 0.462 e. The van der Waals surface area contributed by atoms with Crippen LogP contribution >= 0.6 is 15.6 Å². The first-order valence-corrected chi connectivity index (χ1v) is 45.3. The minimum Gasteiger partial charge on any atom is -0.462 e. The molecule has 0 saturated carbocycles. The lowest BCUT2D eigenvalue weighted by atomic mass is 10.1. The lowest BCUT2D eigenvalue weighted by Crippen LogP contribution is -2.30. The minimum absolute atomic E-state index is 0.0123. The molecule has 0 spiro atoms. The van der Waals surface area contributed by atoms with Crippen LogP contribution in [0.15, 0.2) is 207 Å². The number of phosphoric ester groups is 2. The Hall–Kier alpha value is -6.36. The van der Waals surface area contributed by atoms with Gasteiger partial charge in [0, 0.05) is 25.7 Å². The Balaban J connectivity index is 5.62. The molecule has 0 aromatic heterocycles. The molecule has 2 unspecified atom stereocenters. The van der Waals surface area contributed by atoms with Crippen LogP contribution in [0, 0.1) is 0 Å². The number of esters is 4. The number of hydrogen-bond donors (Lipinski definition) is 3. The fourth-order valence-corrected chi connectivity index (χ4v) is 11.9. The summed E-state index contributed by atoms with van der Waals surface area (Å²) >= 11 is 0. The van der Waals surface area contributed by atoms with Gasteiger partial charge in [-0.15, -0.1) is 0 Å². The van der Waals surface area contributed by atoms with Gasteiger partial charge >= 0.3 is 39.5 Å². The zero-order valence-corrected chi connectivity index (χ0v) is 71.0. The molecular formula is C93H148O17P2. The van der Waals surface area contributed by atoms with Gasteiger partial charge in [0.2, 0.25) is 0 Å². The van der Waals surface area contributed by atoms with Gasteiger partial charge in [-0.3, -0.25) is 37.3 Å². The van der Waals surface area contributed by atoms with Crippen molar-refractivity contribution in [3.63, 3.8) is 0 Å². The van der Waals surface area contributed by atoms with Crippen molar-refractivity contribution in [3.05, 3.63) is 207 Å². The predicted molar refractivity (Wildman–Crippen MR) is 463 cm³/mol. The van der Waals surface area contributed by atoms with E-state index in [1.165, 1.54) is 77.0 Å². The van der Waals surface area contributed by atoms with Crippen LogP contribution in [0.3, 0.4) is 0 Å². The molecule has 3 N–H and O–H groups in total. The Morgan fingerprint density at radius 2 is 0.482 bits per heavy atom. The molecular weight excluding hydrogens is 1450 g/mol. The summed E-state index contributed by atoms with van der Waals surface area (Å²) in [6.45, 7) is 4.42. The van der Waals surface area contributed by atoms with Gasteiger partial charge in [-0.25, -0.2) is 9.13 Å². The van der Waals surface area contributed by atoms with E-state index < -0.39 is 97.5 Å². The molecule has 0 aliphatic heterocycles.